The van der Waals surface area contributed by atoms with Crippen molar-refractivity contribution in [3.05, 3.63) is 39.6 Å². The maximum absolute atomic E-state index is 8.98. The molecular formula is C10H9Br2N3. The number of nitriles is 1. The van der Waals surface area contributed by atoms with Crippen LogP contribution in [0.1, 0.15) is 11.7 Å². The first-order valence-corrected chi connectivity index (χ1v) is 5.82. The molecule has 1 aromatic rings. The van der Waals surface area contributed by atoms with Crippen LogP contribution < -0.4 is 5.32 Å². The Kier molecular flexibility index (Phi) is 4.95. The Morgan fingerprint density at radius 1 is 1.67 bits per heavy atom. The number of aromatic nitrogens is 1. The van der Waals surface area contributed by atoms with Crippen molar-refractivity contribution in [3.63, 3.8) is 0 Å². The molecule has 0 aliphatic carbocycles. The molecule has 1 rings (SSSR count). The number of halogens is 2. The molecule has 1 aromatic heterocycles. The van der Waals surface area contributed by atoms with Crippen molar-refractivity contribution in [1.82, 2.24) is 10.3 Å². The van der Waals surface area contributed by atoms with Crippen LogP contribution in [0.15, 0.2) is 33.9 Å². The topological polar surface area (TPSA) is 48.7 Å². The molecule has 0 aliphatic heterocycles. The number of hydrogen-bond donors (Lipinski definition) is 1. The molecule has 0 radical (unpaired) electrons. The zero-order valence-corrected chi connectivity index (χ0v) is 11.0. The Morgan fingerprint density at radius 3 is 2.93 bits per heavy atom. The van der Waals surface area contributed by atoms with Crippen molar-refractivity contribution in [1.29, 1.82) is 5.26 Å². The molecule has 0 saturated carbocycles. The summed E-state index contributed by atoms with van der Waals surface area (Å²) in [7, 11) is 0. The lowest BCUT2D eigenvalue weighted by Gasteiger charge is -2.10. The summed E-state index contributed by atoms with van der Waals surface area (Å²) in [4.78, 5) is 4.19. The maximum Gasteiger partial charge on any atom is 0.139 e. The first-order valence-electron chi connectivity index (χ1n) is 4.24. The quantitative estimate of drug-likeness (QED) is 0.863. The van der Waals surface area contributed by atoms with E-state index in [2.05, 4.69) is 54.8 Å². The van der Waals surface area contributed by atoms with Crippen LogP contribution in [0.2, 0.25) is 0 Å². The fraction of sp³-hybridized carbons (Fsp3) is 0.200. The van der Waals surface area contributed by atoms with Crippen molar-refractivity contribution >= 4 is 31.9 Å². The fourth-order valence-corrected chi connectivity index (χ4v) is 2.26. The standard InChI is InChI=1S/C10H9Br2N3/c1-2-3-14-9(5-13)10-8(12)4-7(11)6-15-10/h2,4,6,9,14H,1,3H2. The zero-order valence-electron chi connectivity index (χ0n) is 7.87. The van der Waals surface area contributed by atoms with Gasteiger partial charge in [-0.2, -0.15) is 5.26 Å². The van der Waals surface area contributed by atoms with Crippen molar-refractivity contribution < 1.29 is 0 Å². The molecule has 0 spiro atoms. The van der Waals surface area contributed by atoms with Gasteiger partial charge in [-0.05, 0) is 37.9 Å². The van der Waals surface area contributed by atoms with Gasteiger partial charge in [0.15, 0.2) is 0 Å². The van der Waals surface area contributed by atoms with E-state index in [-0.39, 0.29) is 0 Å². The number of hydrogen-bond acceptors (Lipinski definition) is 3. The largest absolute Gasteiger partial charge is 0.293 e. The highest BCUT2D eigenvalue weighted by Gasteiger charge is 2.14. The Balaban J connectivity index is 2.92. The van der Waals surface area contributed by atoms with Gasteiger partial charge in [-0.25, -0.2) is 0 Å². The monoisotopic (exact) mass is 329 g/mol. The fourth-order valence-electron chi connectivity index (χ4n) is 1.04. The van der Waals surface area contributed by atoms with Crippen molar-refractivity contribution in [3.8, 4) is 6.07 Å². The van der Waals surface area contributed by atoms with Gasteiger partial charge >= 0.3 is 0 Å². The second-order valence-corrected chi connectivity index (χ2v) is 4.55. The second-order valence-electron chi connectivity index (χ2n) is 2.78. The Labute approximate surface area is 105 Å². The van der Waals surface area contributed by atoms with Gasteiger partial charge in [-0.15, -0.1) is 6.58 Å². The summed E-state index contributed by atoms with van der Waals surface area (Å²) >= 11 is 6.68. The number of nitrogens with one attached hydrogen (secondary N) is 1. The van der Waals surface area contributed by atoms with E-state index in [4.69, 9.17) is 5.26 Å². The van der Waals surface area contributed by atoms with Crippen LogP contribution in [-0.2, 0) is 0 Å². The van der Waals surface area contributed by atoms with Crippen LogP contribution in [0.4, 0.5) is 0 Å². The van der Waals surface area contributed by atoms with Crippen LogP contribution in [-0.4, -0.2) is 11.5 Å². The predicted molar refractivity (Wildman–Crippen MR) is 66.2 cm³/mol. The third kappa shape index (κ3) is 3.42. The van der Waals surface area contributed by atoms with E-state index in [9.17, 15) is 0 Å². The molecule has 0 aromatic carbocycles. The van der Waals surface area contributed by atoms with Gasteiger partial charge in [0.1, 0.15) is 6.04 Å². The zero-order chi connectivity index (χ0) is 11.3. The summed E-state index contributed by atoms with van der Waals surface area (Å²) in [6.45, 7) is 4.16. The average molecular weight is 331 g/mol. The summed E-state index contributed by atoms with van der Waals surface area (Å²) in [6.07, 6.45) is 3.37. The van der Waals surface area contributed by atoms with Gasteiger partial charge in [-0.1, -0.05) is 6.08 Å². The molecule has 0 aliphatic rings. The minimum absolute atomic E-state index is 0.425. The molecule has 15 heavy (non-hydrogen) atoms. The highest BCUT2D eigenvalue weighted by atomic mass is 79.9. The van der Waals surface area contributed by atoms with E-state index in [1.807, 2.05) is 6.07 Å². The molecule has 1 unspecified atom stereocenters. The molecule has 0 bridgehead atoms. The molecule has 0 amide bonds. The normalized spacial score (nSPS) is 11.8. The lowest BCUT2D eigenvalue weighted by atomic mass is 10.2. The van der Waals surface area contributed by atoms with Crippen molar-refractivity contribution in [2.75, 3.05) is 6.54 Å². The smallest absolute Gasteiger partial charge is 0.139 e. The lowest BCUT2D eigenvalue weighted by molar-refractivity contribution is 0.662. The molecular weight excluding hydrogens is 322 g/mol. The van der Waals surface area contributed by atoms with Gasteiger partial charge in [0.2, 0.25) is 0 Å². The van der Waals surface area contributed by atoms with Crippen molar-refractivity contribution in [2.45, 2.75) is 6.04 Å². The van der Waals surface area contributed by atoms with E-state index in [0.717, 1.165) is 8.95 Å². The number of nitrogens with zero attached hydrogens (tertiary/aromatic N) is 2. The van der Waals surface area contributed by atoms with E-state index in [1.54, 1.807) is 12.3 Å². The van der Waals surface area contributed by atoms with Gasteiger partial charge in [0.05, 0.1) is 11.8 Å². The number of rotatable bonds is 4. The van der Waals surface area contributed by atoms with E-state index in [0.29, 0.717) is 12.2 Å². The molecule has 5 heteroatoms. The second kappa shape index (κ2) is 6.01. The summed E-state index contributed by atoms with van der Waals surface area (Å²) in [6, 6.07) is 3.58. The van der Waals surface area contributed by atoms with Crippen molar-refractivity contribution in [2.24, 2.45) is 0 Å². The van der Waals surface area contributed by atoms with Gasteiger partial charge in [0, 0.05) is 21.7 Å². The Hall–Kier alpha value is -0.700. The number of pyridine rings is 1. The van der Waals surface area contributed by atoms with E-state index < -0.39 is 6.04 Å². The van der Waals surface area contributed by atoms with Crippen LogP contribution in [0, 0.1) is 11.3 Å². The highest BCUT2D eigenvalue weighted by molar-refractivity contribution is 9.11. The van der Waals surface area contributed by atoms with Crippen LogP contribution in [0.25, 0.3) is 0 Å². The van der Waals surface area contributed by atoms with Crippen LogP contribution in [0.3, 0.4) is 0 Å². The SMILES string of the molecule is C=CCNC(C#N)c1ncc(Br)cc1Br. The van der Waals surface area contributed by atoms with E-state index in [1.165, 1.54) is 0 Å². The third-order valence-corrected chi connectivity index (χ3v) is 2.77. The molecule has 0 fully saturated rings. The molecule has 78 valence electrons. The Morgan fingerprint density at radius 2 is 2.40 bits per heavy atom. The van der Waals surface area contributed by atoms with Crippen LogP contribution >= 0.6 is 31.9 Å². The molecule has 1 heterocycles. The summed E-state index contributed by atoms with van der Waals surface area (Å²) < 4.78 is 1.68. The Bertz CT molecular complexity index is 398. The lowest BCUT2D eigenvalue weighted by Crippen LogP contribution is -2.21. The van der Waals surface area contributed by atoms with Gasteiger partial charge < -0.3 is 0 Å². The summed E-state index contributed by atoms with van der Waals surface area (Å²) in [5.41, 5.74) is 0.683. The minimum Gasteiger partial charge on any atom is -0.293 e. The van der Waals surface area contributed by atoms with E-state index >= 15 is 0 Å². The third-order valence-electron chi connectivity index (χ3n) is 1.71. The first-order chi connectivity index (χ1) is 7.19. The predicted octanol–water partition coefficient (Wildman–Crippen LogP) is 2.95. The van der Waals surface area contributed by atoms with Gasteiger partial charge in [-0.3, -0.25) is 10.3 Å². The minimum atomic E-state index is -0.425. The molecule has 3 nitrogen and oxygen atoms in total. The highest BCUT2D eigenvalue weighted by Crippen LogP contribution is 2.24. The molecule has 1 atom stereocenters. The first kappa shape index (κ1) is 12.4. The average Bonchev–Trinajstić information content (AvgIpc) is 2.21. The van der Waals surface area contributed by atoms with Gasteiger partial charge in [0.25, 0.3) is 0 Å². The molecule has 0 saturated heterocycles. The maximum atomic E-state index is 8.98. The molecule has 1 N–H and O–H groups in total. The van der Waals surface area contributed by atoms with Crippen LogP contribution in [0.5, 0.6) is 0 Å². The summed E-state index contributed by atoms with van der Waals surface area (Å²) in [5.74, 6) is 0. The summed E-state index contributed by atoms with van der Waals surface area (Å²) in [5, 5.41) is 12.0.